The Labute approximate surface area is 132 Å². The number of pyridine rings is 1. The maximum absolute atomic E-state index is 13.1. The first-order valence-electron chi connectivity index (χ1n) is 7.86. The Kier molecular flexibility index (Phi) is 4.74. The second kappa shape index (κ2) is 6.62. The van der Waals surface area contributed by atoms with Crippen LogP contribution in [0.15, 0.2) is 12.1 Å². The molecule has 0 aliphatic carbocycles. The van der Waals surface area contributed by atoms with Crippen molar-refractivity contribution in [2.24, 2.45) is 0 Å². The lowest BCUT2D eigenvalue weighted by Gasteiger charge is -2.36. The Balaban J connectivity index is 1.76. The van der Waals surface area contributed by atoms with Gasteiger partial charge in [-0.15, -0.1) is 0 Å². The summed E-state index contributed by atoms with van der Waals surface area (Å²) in [7, 11) is 0. The maximum Gasteiger partial charge on any atom is 0.433 e. The van der Waals surface area contributed by atoms with Gasteiger partial charge in [-0.3, -0.25) is 4.90 Å². The van der Waals surface area contributed by atoms with Gasteiger partial charge in [-0.05, 0) is 43.6 Å². The Bertz CT molecular complexity index is 540. The van der Waals surface area contributed by atoms with Crippen LogP contribution in [0.2, 0.25) is 0 Å². The molecule has 0 aromatic carbocycles. The lowest BCUT2D eigenvalue weighted by molar-refractivity contribution is -0.141. The van der Waals surface area contributed by atoms with Gasteiger partial charge in [-0.1, -0.05) is 0 Å². The molecule has 0 unspecified atom stereocenters. The standard InChI is InChI=1S/C15H21F3N4O/c16-15(17,18)13-5-10(7-22-8-12(23)9-22)6-14(21-13)20-11-1-3-19-4-2-11/h5-6,11-12,19,23H,1-4,7-9H2,(H,20,21). The minimum Gasteiger partial charge on any atom is -0.390 e. The van der Waals surface area contributed by atoms with Gasteiger partial charge in [-0.25, -0.2) is 4.98 Å². The summed E-state index contributed by atoms with van der Waals surface area (Å²) in [5.41, 5.74) is -0.303. The molecule has 1 aromatic heterocycles. The Morgan fingerprint density at radius 3 is 2.57 bits per heavy atom. The molecule has 3 heterocycles. The van der Waals surface area contributed by atoms with E-state index in [1.807, 2.05) is 4.90 Å². The van der Waals surface area contributed by atoms with Crippen LogP contribution >= 0.6 is 0 Å². The summed E-state index contributed by atoms with van der Waals surface area (Å²) < 4.78 is 39.2. The lowest BCUT2D eigenvalue weighted by Crippen LogP contribution is -2.49. The zero-order valence-corrected chi connectivity index (χ0v) is 12.7. The summed E-state index contributed by atoms with van der Waals surface area (Å²) in [5.74, 6) is 0.280. The number of halogens is 3. The van der Waals surface area contributed by atoms with E-state index in [1.165, 1.54) is 0 Å². The number of alkyl halides is 3. The molecule has 0 saturated carbocycles. The number of rotatable bonds is 4. The quantitative estimate of drug-likeness (QED) is 0.780. The van der Waals surface area contributed by atoms with Crippen molar-refractivity contribution < 1.29 is 18.3 Å². The number of aromatic nitrogens is 1. The van der Waals surface area contributed by atoms with Crippen LogP contribution in [-0.2, 0) is 12.7 Å². The van der Waals surface area contributed by atoms with Gasteiger partial charge in [0.2, 0.25) is 0 Å². The van der Waals surface area contributed by atoms with Crippen LogP contribution in [0.4, 0.5) is 19.0 Å². The molecule has 128 valence electrons. The third kappa shape index (κ3) is 4.33. The Morgan fingerprint density at radius 1 is 1.26 bits per heavy atom. The molecule has 0 radical (unpaired) electrons. The van der Waals surface area contributed by atoms with E-state index in [9.17, 15) is 18.3 Å². The van der Waals surface area contributed by atoms with Crippen LogP contribution in [0, 0.1) is 0 Å². The second-order valence-electron chi connectivity index (χ2n) is 6.26. The lowest BCUT2D eigenvalue weighted by atomic mass is 10.1. The van der Waals surface area contributed by atoms with Crippen LogP contribution in [0.1, 0.15) is 24.1 Å². The Morgan fingerprint density at radius 2 is 1.96 bits per heavy atom. The van der Waals surface area contributed by atoms with Crippen LogP contribution in [0.5, 0.6) is 0 Å². The van der Waals surface area contributed by atoms with Crippen molar-refractivity contribution in [1.82, 2.24) is 15.2 Å². The van der Waals surface area contributed by atoms with Crippen molar-refractivity contribution in [3.8, 4) is 0 Å². The molecule has 3 N–H and O–H groups in total. The molecule has 0 bridgehead atoms. The van der Waals surface area contributed by atoms with E-state index in [2.05, 4.69) is 15.6 Å². The van der Waals surface area contributed by atoms with Crippen LogP contribution in [0.25, 0.3) is 0 Å². The van der Waals surface area contributed by atoms with Crippen molar-refractivity contribution in [2.75, 3.05) is 31.5 Å². The molecule has 0 atom stereocenters. The van der Waals surface area contributed by atoms with E-state index in [1.54, 1.807) is 6.07 Å². The summed E-state index contributed by atoms with van der Waals surface area (Å²) in [4.78, 5) is 5.65. The van der Waals surface area contributed by atoms with Gasteiger partial charge in [0.1, 0.15) is 11.5 Å². The summed E-state index contributed by atoms with van der Waals surface area (Å²) >= 11 is 0. The van der Waals surface area contributed by atoms with E-state index in [-0.39, 0.29) is 18.0 Å². The molecule has 2 aliphatic heterocycles. The Hall–Kier alpha value is -1.38. The van der Waals surface area contributed by atoms with E-state index in [4.69, 9.17) is 0 Å². The van der Waals surface area contributed by atoms with Crippen molar-refractivity contribution in [1.29, 1.82) is 0 Å². The normalized spacial score (nSPS) is 21.2. The van der Waals surface area contributed by atoms with E-state index >= 15 is 0 Å². The number of hydrogen-bond donors (Lipinski definition) is 3. The van der Waals surface area contributed by atoms with Crippen LogP contribution in [-0.4, -0.2) is 53.3 Å². The molecule has 2 aliphatic rings. The molecule has 2 fully saturated rings. The van der Waals surface area contributed by atoms with Gasteiger partial charge in [0.15, 0.2) is 0 Å². The highest BCUT2D eigenvalue weighted by atomic mass is 19.4. The zero-order chi connectivity index (χ0) is 16.4. The van der Waals surface area contributed by atoms with Crippen molar-refractivity contribution >= 4 is 5.82 Å². The minimum atomic E-state index is -4.46. The van der Waals surface area contributed by atoms with Gasteiger partial charge >= 0.3 is 6.18 Å². The number of β-amino-alcohol motifs (C(OH)–C–C–N with tert-alkyl or cyclic N) is 1. The fourth-order valence-corrected chi connectivity index (χ4v) is 3.00. The fraction of sp³-hybridized carbons (Fsp3) is 0.667. The number of piperidine rings is 1. The number of nitrogens with one attached hydrogen (secondary N) is 2. The molecular weight excluding hydrogens is 309 g/mol. The molecule has 8 heteroatoms. The molecule has 23 heavy (non-hydrogen) atoms. The predicted octanol–water partition coefficient (Wildman–Crippen LogP) is 1.44. The number of anilines is 1. The van der Waals surface area contributed by atoms with Crippen LogP contribution < -0.4 is 10.6 Å². The van der Waals surface area contributed by atoms with Gasteiger partial charge < -0.3 is 15.7 Å². The first kappa shape index (κ1) is 16.5. The van der Waals surface area contributed by atoms with Crippen molar-refractivity contribution in [2.45, 2.75) is 37.7 Å². The number of aliphatic hydroxyl groups excluding tert-OH is 1. The van der Waals surface area contributed by atoms with Gasteiger partial charge in [0.25, 0.3) is 0 Å². The number of likely N-dealkylation sites (tertiary alicyclic amines) is 1. The van der Waals surface area contributed by atoms with Gasteiger partial charge in [0, 0.05) is 25.7 Å². The van der Waals surface area contributed by atoms with Crippen molar-refractivity contribution in [3.05, 3.63) is 23.4 Å². The largest absolute Gasteiger partial charge is 0.433 e. The van der Waals surface area contributed by atoms with Gasteiger partial charge in [-0.2, -0.15) is 13.2 Å². The average molecular weight is 330 g/mol. The molecule has 0 amide bonds. The summed E-state index contributed by atoms with van der Waals surface area (Å²) in [5, 5.41) is 15.7. The summed E-state index contributed by atoms with van der Waals surface area (Å²) in [6, 6.07) is 2.92. The van der Waals surface area contributed by atoms with Crippen molar-refractivity contribution in [3.63, 3.8) is 0 Å². The topological polar surface area (TPSA) is 60.4 Å². The first-order valence-corrected chi connectivity index (χ1v) is 7.86. The highest BCUT2D eigenvalue weighted by Crippen LogP contribution is 2.30. The molecule has 2 saturated heterocycles. The molecule has 0 spiro atoms. The fourth-order valence-electron chi connectivity index (χ4n) is 3.00. The number of nitrogens with zero attached hydrogens (tertiary/aromatic N) is 2. The van der Waals surface area contributed by atoms with Crippen LogP contribution in [0.3, 0.4) is 0 Å². The van der Waals surface area contributed by atoms with E-state index < -0.39 is 11.9 Å². The second-order valence-corrected chi connectivity index (χ2v) is 6.26. The summed E-state index contributed by atoms with van der Waals surface area (Å²) in [6.07, 6.45) is -3.10. The smallest absolute Gasteiger partial charge is 0.390 e. The van der Waals surface area contributed by atoms with Gasteiger partial charge in [0.05, 0.1) is 6.10 Å². The molecular formula is C15H21F3N4O. The number of hydrogen-bond acceptors (Lipinski definition) is 5. The first-order chi connectivity index (χ1) is 10.9. The third-order valence-corrected chi connectivity index (χ3v) is 4.21. The predicted molar refractivity (Wildman–Crippen MR) is 80.0 cm³/mol. The monoisotopic (exact) mass is 330 g/mol. The maximum atomic E-state index is 13.1. The molecule has 1 aromatic rings. The van der Waals surface area contributed by atoms with E-state index in [0.29, 0.717) is 25.2 Å². The number of aliphatic hydroxyl groups is 1. The molecule has 3 rings (SSSR count). The zero-order valence-electron chi connectivity index (χ0n) is 12.7. The molecule has 5 nitrogen and oxygen atoms in total. The highest BCUT2D eigenvalue weighted by Gasteiger charge is 2.34. The van der Waals surface area contributed by atoms with E-state index in [0.717, 1.165) is 32.0 Å². The highest BCUT2D eigenvalue weighted by molar-refractivity contribution is 5.41. The summed E-state index contributed by atoms with van der Waals surface area (Å²) in [6.45, 7) is 3.11. The average Bonchev–Trinajstić information content (AvgIpc) is 2.45. The minimum absolute atomic E-state index is 0.144. The third-order valence-electron chi connectivity index (χ3n) is 4.21. The SMILES string of the molecule is OC1CN(Cc2cc(NC3CCNCC3)nc(C(F)(F)F)c2)C1.